The van der Waals surface area contributed by atoms with Crippen molar-refractivity contribution in [1.29, 1.82) is 0 Å². The number of benzene rings is 2. The molecule has 0 saturated heterocycles. The van der Waals surface area contributed by atoms with Crippen LogP contribution in [0.1, 0.15) is 22.4 Å². The van der Waals surface area contributed by atoms with Crippen molar-refractivity contribution in [2.24, 2.45) is 7.05 Å². The molecule has 0 fully saturated rings. The molecule has 8 heteroatoms. The number of aromatic nitrogens is 5. The van der Waals surface area contributed by atoms with Gasteiger partial charge in [0.25, 0.3) is 5.56 Å². The number of rotatable bonds is 3. The van der Waals surface area contributed by atoms with Gasteiger partial charge in [-0.2, -0.15) is 4.98 Å². The van der Waals surface area contributed by atoms with E-state index >= 15 is 0 Å². The second-order valence-corrected chi connectivity index (χ2v) is 8.21. The Labute approximate surface area is 182 Å². The second-order valence-electron chi connectivity index (χ2n) is 8.21. The third kappa shape index (κ3) is 2.90. The molecule has 5 aromatic rings. The molecule has 0 atom stereocenters. The van der Waals surface area contributed by atoms with E-state index in [1.807, 2.05) is 43.7 Å². The van der Waals surface area contributed by atoms with E-state index < -0.39 is 11.2 Å². The Kier molecular flexibility index (Phi) is 4.40. The Morgan fingerprint density at radius 1 is 1.00 bits per heavy atom. The molecule has 3 aromatic heterocycles. The van der Waals surface area contributed by atoms with E-state index in [2.05, 4.69) is 11.1 Å². The third-order valence-electron chi connectivity index (χ3n) is 5.87. The zero-order valence-corrected chi connectivity index (χ0v) is 18.3. The van der Waals surface area contributed by atoms with E-state index in [0.29, 0.717) is 22.5 Å². The highest BCUT2D eigenvalue weighted by atomic mass is 19.1. The molecule has 3 heterocycles. The standard InChI is InChI=1S/C24H22FN5O2/c1-14-5-10-19(15(2)11-14)30-16(3)12-28-20-21(26-23(28)30)27(4)24(32)29(22(20)31)13-17-6-8-18(25)9-7-17/h5-12H,13H2,1-4H3. The normalized spacial score (nSPS) is 11.7. The van der Waals surface area contributed by atoms with Crippen LogP contribution in [0.5, 0.6) is 0 Å². The number of halogens is 1. The van der Waals surface area contributed by atoms with Crippen LogP contribution in [-0.4, -0.2) is 23.1 Å². The van der Waals surface area contributed by atoms with E-state index in [1.165, 1.54) is 16.7 Å². The SMILES string of the molecule is Cc1ccc(-n2c(C)cn3c4c(=O)n(Cc5ccc(F)cc5)c(=O)n(C)c4nc23)c(C)c1. The molecule has 0 saturated carbocycles. The number of hydrogen-bond donors (Lipinski definition) is 0. The van der Waals surface area contributed by atoms with Gasteiger partial charge in [0.15, 0.2) is 11.2 Å². The molecule has 0 aliphatic carbocycles. The molecule has 7 nitrogen and oxygen atoms in total. The lowest BCUT2D eigenvalue weighted by atomic mass is 10.1. The molecule has 0 amide bonds. The second kappa shape index (κ2) is 7.05. The van der Waals surface area contributed by atoms with Crippen LogP contribution in [0.15, 0.2) is 58.3 Å². The van der Waals surface area contributed by atoms with Crippen molar-refractivity contribution < 1.29 is 4.39 Å². The van der Waals surface area contributed by atoms with E-state index in [1.54, 1.807) is 23.6 Å². The Morgan fingerprint density at radius 2 is 1.72 bits per heavy atom. The van der Waals surface area contributed by atoms with Crippen LogP contribution >= 0.6 is 0 Å². The number of fused-ring (bicyclic) bond motifs is 3. The Bertz CT molecular complexity index is 1630. The van der Waals surface area contributed by atoms with Gasteiger partial charge in [-0.25, -0.2) is 9.18 Å². The van der Waals surface area contributed by atoms with Crippen LogP contribution in [0.4, 0.5) is 4.39 Å². The number of hydrogen-bond acceptors (Lipinski definition) is 3. The summed E-state index contributed by atoms with van der Waals surface area (Å²) >= 11 is 0. The minimum absolute atomic E-state index is 0.0473. The topological polar surface area (TPSA) is 66.2 Å². The summed E-state index contributed by atoms with van der Waals surface area (Å²) in [6.45, 7) is 6.08. The van der Waals surface area contributed by atoms with Gasteiger partial charge in [0.2, 0.25) is 5.78 Å². The number of imidazole rings is 2. The average Bonchev–Trinajstić information content (AvgIpc) is 3.26. The van der Waals surface area contributed by atoms with Gasteiger partial charge in [0, 0.05) is 18.9 Å². The van der Waals surface area contributed by atoms with Gasteiger partial charge < -0.3 is 0 Å². The van der Waals surface area contributed by atoms with E-state index in [9.17, 15) is 14.0 Å². The summed E-state index contributed by atoms with van der Waals surface area (Å²) in [4.78, 5) is 31.1. The zero-order chi connectivity index (χ0) is 22.7. The fourth-order valence-corrected chi connectivity index (χ4v) is 4.28. The molecular formula is C24H22FN5O2. The number of nitrogens with zero attached hydrogens (tertiary/aromatic N) is 5. The Balaban J connectivity index is 1.79. The van der Waals surface area contributed by atoms with Crippen molar-refractivity contribution in [2.45, 2.75) is 27.3 Å². The highest BCUT2D eigenvalue weighted by Gasteiger charge is 2.21. The van der Waals surface area contributed by atoms with Gasteiger partial charge in [-0.1, -0.05) is 29.8 Å². The molecular weight excluding hydrogens is 409 g/mol. The highest BCUT2D eigenvalue weighted by molar-refractivity contribution is 5.76. The maximum atomic E-state index is 13.4. The summed E-state index contributed by atoms with van der Waals surface area (Å²) in [5.41, 5.74) is 4.54. The van der Waals surface area contributed by atoms with Gasteiger partial charge in [-0.05, 0) is 50.1 Å². The lowest BCUT2D eigenvalue weighted by Crippen LogP contribution is -2.39. The quantitative estimate of drug-likeness (QED) is 0.441. The lowest BCUT2D eigenvalue weighted by Gasteiger charge is -2.10. The summed E-state index contributed by atoms with van der Waals surface area (Å²) < 4.78 is 19.5. The molecule has 162 valence electrons. The van der Waals surface area contributed by atoms with E-state index in [0.717, 1.165) is 27.1 Å². The van der Waals surface area contributed by atoms with Gasteiger partial charge >= 0.3 is 5.69 Å². The fraction of sp³-hybridized carbons (Fsp3) is 0.208. The summed E-state index contributed by atoms with van der Waals surface area (Å²) in [6, 6.07) is 11.9. The molecule has 32 heavy (non-hydrogen) atoms. The lowest BCUT2D eigenvalue weighted by molar-refractivity contribution is 0.623. The zero-order valence-electron chi connectivity index (χ0n) is 18.3. The monoisotopic (exact) mass is 431 g/mol. The molecule has 5 rings (SSSR count). The summed E-state index contributed by atoms with van der Waals surface area (Å²) in [5.74, 6) is 0.196. The van der Waals surface area contributed by atoms with Crippen LogP contribution in [0.3, 0.4) is 0 Å². The van der Waals surface area contributed by atoms with Crippen LogP contribution in [-0.2, 0) is 13.6 Å². The first-order valence-corrected chi connectivity index (χ1v) is 10.3. The Morgan fingerprint density at radius 3 is 2.41 bits per heavy atom. The smallest absolute Gasteiger partial charge is 0.283 e. The highest BCUT2D eigenvalue weighted by Crippen LogP contribution is 2.24. The molecule has 0 radical (unpaired) electrons. The maximum absolute atomic E-state index is 13.4. The van der Waals surface area contributed by atoms with Crippen LogP contribution < -0.4 is 11.2 Å². The van der Waals surface area contributed by atoms with Crippen molar-refractivity contribution in [1.82, 2.24) is 23.1 Å². The largest absolute Gasteiger partial charge is 0.332 e. The molecule has 0 aliphatic heterocycles. The fourth-order valence-electron chi connectivity index (χ4n) is 4.28. The first-order chi connectivity index (χ1) is 15.3. The number of aryl methyl sites for hydroxylation is 4. The van der Waals surface area contributed by atoms with Gasteiger partial charge in [0.1, 0.15) is 5.82 Å². The van der Waals surface area contributed by atoms with Crippen molar-refractivity contribution in [3.63, 3.8) is 0 Å². The van der Waals surface area contributed by atoms with Crippen LogP contribution in [0, 0.1) is 26.6 Å². The predicted molar refractivity (Wildman–Crippen MR) is 121 cm³/mol. The van der Waals surface area contributed by atoms with Crippen molar-refractivity contribution in [3.8, 4) is 5.69 Å². The minimum atomic E-state index is -0.470. The third-order valence-corrected chi connectivity index (χ3v) is 5.87. The maximum Gasteiger partial charge on any atom is 0.332 e. The minimum Gasteiger partial charge on any atom is -0.283 e. The van der Waals surface area contributed by atoms with E-state index in [4.69, 9.17) is 0 Å². The molecule has 0 bridgehead atoms. The van der Waals surface area contributed by atoms with Crippen molar-refractivity contribution >= 4 is 16.9 Å². The van der Waals surface area contributed by atoms with Gasteiger partial charge in [-0.15, -0.1) is 0 Å². The average molecular weight is 431 g/mol. The van der Waals surface area contributed by atoms with Gasteiger partial charge in [-0.3, -0.25) is 22.9 Å². The van der Waals surface area contributed by atoms with Crippen molar-refractivity contribution in [2.75, 3.05) is 0 Å². The van der Waals surface area contributed by atoms with Crippen molar-refractivity contribution in [3.05, 3.63) is 97.7 Å². The summed E-state index contributed by atoms with van der Waals surface area (Å²) in [5, 5.41) is 0. The summed E-state index contributed by atoms with van der Waals surface area (Å²) in [6.07, 6.45) is 1.86. The first kappa shape index (κ1) is 20.0. The van der Waals surface area contributed by atoms with E-state index in [-0.39, 0.29) is 12.4 Å². The van der Waals surface area contributed by atoms with Gasteiger partial charge in [0.05, 0.1) is 12.2 Å². The van der Waals surface area contributed by atoms with Crippen LogP contribution in [0.2, 0.25) is 0 Å². The van der Waals surface area contributed by atoms with Crippen LogP contribution in [0.25, 0.3) is 22.6 Å². The molecule has 0 spiro atoms. The molecule has 0 N–H and O–H groups in total. The molecule has 0 aliphatic rings. The Hall–Kier alpha value is -3.94. The predicted octanol–water partition coefficient (Wildman–Crippen LogP) is 3.25. The summed E-state index contributed by atoms with van der Waals surface area (Å²) in [7, 11) is 1.60. The first-order valence-electron chi connectivity index (χ1n) is 10.3. The molecule has 0 unspecified atom stereocenters. The molecule has 2 aromatic carbocycles.